The molecule has 82 valence electrons. The van der Waals surface area contributed by atoms with Crippen LogP contribution < -0.4 is 5.32 Å². The van der Waals surface area contributed by atoms with E-state index < -0.39 is 0 Å². The van der Waals surface area contributed by atoms with Crippen LogP contribution in [0.5, 0.6) is 0 Å². The summed E-state index contributed by atoms with van der Waals surface area (Å²) in [6, 6.07) is 0. The molecule has 0 bridgehead atoms. The van der Waals surface area contributed by atoms with E-state index in [0.29, 0.717) is 18.8 Å². The maximum Gasteiger partial charge on any atom is 0.139 e. The zero-order chi connectivity index (χ0) is 10.6. The molecule has 1 rings (SSSR count). The fourth-order valence-corrected chi connectivity index (χ4v) is 1.55. The Morgan fingerprint density at radius 1 is 1.50 bits per heavy atom. The molecule has 0 aromatic heterocycles. The minimum absolute atomic E-state index is 0.104. The van der Waals surface area contributed by atoms with Crippen LogP contribution in [0.1, 0.15) is 33.6 Å². The molecular weight excluding hydrogens is 178 g/mol. The summed E-state index contributed by atoms with van der Waals surface area (Å²) in [4.78, 5) is 11.6. The summed E-state index contributed by atoms with van der Waals surface area (Å²) in [6.07, 6.45) is 1.54. The van der Waals surface area contributed by atoms with E-state index in [2.05, 4.69) is 26.1 Å². The summed E-state index contributed by atoms with van der Waals surface area (Å²) in [5.41, 5.74) is 0.104. The van der Waals surface area contributed by atoms with Gasteiger partial charge in [-0.15, -0.1) is 0 Å². The van der Waals surface area contributed by atoms with Crippen LogP contribution in [0.15, 0.2) is 0 Å². The SMILES string of the molecule is CC(C)(C)NCCC(=O)C1CCOC1. The van der Waals surface area contributed by atoms with Gasteiger partial charge in [0.25, 0.3) is 0 Å². The van der Waals surface area contributed by atoms with Gasteiger partial charge >= 0.3 is 0 Å². The van der Waals surface area contributed by atoms with Crippen LogP contribution in [0.4, 0.5) is 0 Å². The van der Waals surface area contributed by atoms with Crippen LogP contribution >= 0.6 is 0 Å². The van der Waals surface area contributed by atoms with Gasteiger partial charge in [0.2, 0.25) is 0 Å². The predicted octanol–water partition coefficient (Wildman–Crippen LogP) is 1.37. The molecule has 1 N–H and O–H groups in total. The third kappa shape index (κ3) is 4.20. The van der Waals surface area contributed by atoms with Crippen molar-refractivity contribution in [2.24, 2.45) is 5.92 Å². The standard InChI is InChI=1S/C11H21NO2/c1-11(2,3)12-6-4-10(13)9-5-7-14-8-9/h9,12H,4-8H2,1-3H3. The number of nitrogens with one attached hydrogen (secondary N) is 1. The number of Topliss-reactive ketones (excluding diaryl/α,β-unsaturated/α-hetero) is 1. The second kappa shape index (κ2) is 4.89. The third-order valence-corrected chi connectivity index (χ3v) is 2.41. The van der Waals surface area contributed by atoms with Crippen molar-refractivity contribution in [1.82, 2.24) is 5.32 Å². The molecule has 1 heterocycles. The first-order chi connectivity index (χ1) is 6.49. The van der Waals surface area contributed by atoms with Crippen LogP contribution in [0.2, 0.25) is 0 Å². The highest BCUT2D eigenvalue weighted by Gasteiger charge is 2.23. The molecule has 1 fully saturated rings. The first kappa shape index (κ1) is 11.7. The smallest absolute Gasteiger partial charge is 0.139 e. The molecule has 14 heavy (non-hydrogen) atoms. The van der Waals surface area contributed by atoms with Crippen molar-refractivity contribution in [3.8, 4) is 0 Å². The van der Waals surface area contributed by atoms with E-state index in [0.717, 1.165) is 19.6 Å². The second-order valence-electron chi connectivity index (χ2n) is 4.95. The third-order valence-electron chi connectivity index (χ3n) is 2.41. The van der Waals surface area contributed by atoms with Crippen LogP contribution in [0.3, 0.4) is 0 Å². The summed E-state index contributed by atoms with van der Waals surface area (Å²) < 4.78 is 5.18. The molecule has 0 aromatic carbocycles. The fraction of sp³-hybridized carbons (Fsp3) is 0.909. The second-order valence-corrected chi connectivity index (χ2v) is 4.95. The van der Waals surface area contributed by atoms with Gasteiger partial charge in [-0.3, -0.25) is 4.79 Å². The largest absolute Gasteiger partial charge is 0.381 e. The van der Waals surface area contributed by atoms with Gasteiger partial charge < -0.3 is 10.1 Å². The molecule has 0 spiro atoms. The summed E-state index contributed by atoms with van der Waals surface area (Å²) in [5, 5.41) is 3.31. The van der Waals surface area contributed by atoms with Gasteiger partial charge in [-0.1, -0.05) is 0 Å². The van der Waals surface area contributed by atoms with E-state index >= 15 is 0 Å². The number of carbonyl (C=O) groups is 1. The topological polar surface area (TPSA) is 38.3 Å². The minimum Gasteiger partial charge on any atom is -0.381 e. The van der Waals surface area contributed by atoms with E-state index in [1.54, 1.807) is 0 Å². The molecule has 1 unspecified atom stereocenters. The van der Waals surface area contributed by atoms with E-state index in [4.69, 9.17) is 4.74 Å². The van der Waals surface area contributed by atoms with Gasteiger partial charge in [-0.25, -0.2) is 0 Å². The Kier molecular flexibility index (Phi) is 4.08. The van der Waals surface area contributed by atoms with Crippen molar-refractivity contribution < 1.29 is 9.53 Å². The van der Waals surface area contributed by atoms with Crippen LogP contribution in [-0.4, -0.2) is 31.1 Å². The number of carbonyl (C=O) groups excluding carboxylic acids is 1. The molecular formula is C11H21NO2. The highest BCUT2D eigenvalue weighted by molar-refractivity contribution is 5.81. The number of ether oxygens (including phenoxy) is 1. The Hall–Kier alpha value is -0.410. The summed E-state index contributed by atoms with van der Waals surface area (Å²) >= 11 is 0. The maximum atomic E-state index is 11.6. The number of hydrogen-bond donors (Lipinski definition) is 1. The van der Waals surface area contributed by atoms with E-state index in [1.807, 2.05) is 0 Å². The zero-order valence-electron chi connectivity index (χ0n) is 9.43. The Morgan fingerprint density at radius 3 is 2.71 bits per heavy atom. The molecule has 1 aliphatic rings. The van der Waals surface area contributed by atoms with Crippen molar-refractivity contribution in [2.45, 2.75) is 39.2 Å². The lowest BCUT2D eigenvalue weighted by atomic mass is 10.0. The van der Waals surface area contributed by atoms with Gasteiger partial charge in [0.15, 0.2) is 0 Å². The Bertz CT molecular complexity index is 190. The van der Waals surface area contributed by atoms with Gasteiger partial charge in [-0.05, 0) is 27.2 Å². The molecule has 0 aromatic rings. The van der Waals surface area contributed by atoms with E-state index in [1.165, 1.54) is 0 Å². The van der Waals surface area contributed by atoms with Crippen molar-refractivity contribution in [1.29, 1.82) is 0 Å². The lowest BCUT2D eigenvalue weighted by Crippen LogP contribution is -2.37. The molecule has 1 aliphatic heterocycles. The molecule has 1 atom stereocenters. The summed E-state index contributed by atoms with van der Waals surface area (Å²) in [5.74, 6) is 0.510. The zero-order valence-corrected chi connectivity index (χ0v) is 9.43. The van der Waals surface area contributed by atoms with Crippen molar-refractivity contribution in [3.05, 3.63) is 0 Å². The fourth-order valence-electron chi connectivity index (χ4n) is 1.55. The average Bonchev–Trinajstić information content (AvgIpc) is 2.53. The first-order valence-electron chi connectivity index (χ1n) is 5.34. The van der Waals surface area contributed by atoms with Gasteiger partial charge in [0, 0.05) is 31.0 Å². The highest BCUT2D eigenvalue weighted by atomic mass is 16.5. The quantitative estimate of drug-likeness (QED) is 0.743. The van der Waals surface area contributed by atoms with E-state index in [9.17, 15) is 4.79 Å². The normalized spacial score (nSPS) is 22.6. The van der Waals surface area contributed by atoms with Crippen molar-refractivity contribution in [2.75, 3.05) is 19.8 Å². The molecule has 3 nitrogen and oxygen atoms in total. The Labute approximate surface area is 86.2 Å². The lowest BCUT2D eigenvalue weighted by molar-refractivity contribution is -0.122. The van der Waals surface area contributed by atoms with E-state index in [-0.39, 0.29) is 11.5 Å². The van der Waals surface area contributed by atoms with Gasteiger partial charge in [-0.2, -0.15) is 0 Å². The van der Waals surface area contributed by atoms with Crippen molar-refractivity contribution in [3.63, 3.8) is 0 Å². The number of hydrogen-bond acceptors (Lipinski definition) is 3. The molecule has 0 amide bonds. The van der Waals surface area contributed by atoms with Gasteiger partial charge in [0.1, 0.15) is 5.78 Å². The highest BCUT2D eigenvalue weighted by Crippen LogP contribution is 2.14. The van der Waals surface area contributed by atoms with Crippen LogP contribution in [0.25, 0.3) is 0 Å². The van der Waals surface area contributed by atoms with Crippen LogP contribution in [0, 0.1) is 5.92 Å². The summed E-state index contributed by atoms with van der Waals surface area (Å²) in [7, 11) is 0. The molecule has 3 heteroatoms. The first-order valence-corrected chi connectivity index (χ1v) is 5.34. The number of ketones is 1. The monoisotopic (exact) mass is 199 g/mol. The summed E-state index contributed by atoms with van der Waals surface area (Å²) in [6.45, 7) is 8.48. The lowest BCUT2D eigenvalue weighted by Gasteiger charge is -2.20. The molecule has 0 aliphatic carbocycles. The van der Waals surface area contributed by atoms with Gasteiger partial charge in [0.05, 0.1) is 6.61 Å². The van der Waals surface area contributed by atoms with Crippen LogP contribution in [-0.2, 0) is 9.53 Å². The minimum atomic E-state index is 0.104. The Morgan fingerprint density at radius 2 is 2.21 bits per heavy atom. The Balaban J connectivity index is 2.15. The average molecular weight is 199 g/mol. The van der Waals surface area contributed by atoms with Crippen molar-refractivity contribution >= 4 is 5.78 Å². The maximum absolute atomic E-state index is 11.6. The molecule has 1 saturated heterocycles. The number of rotatable bonds is 4. The predicted molar refractivity (Wildman–Crippen MR) is 56.3 cm³/mol. The molecule has 0 radical (unpaired) electrons. The molecule has 0 saturated carbocycles.